The first-order valence-electron chi connectivity index (χ1n) is 3.19. The second kappa shape index (κ2) is 5.55. The average Bonchev–Trinajstić information content (AvgIpc) is 2.03. The molecule has 0 aromatic heterocycles. The molecule has 0 bridgehead atoms. The summed E-state index contributed by atoms with van der Waals surface area (Å²) < 4.78 is 0. The van der Waals surface area contributed by atoms with E-state index >= 15 is 0 Å². The molecule has 11 heavy (non-hydrogen) atoms. The lowest BCUT2D eigenvalue weighted by atomic mass is 10.2. The van der Waals surface area contributed by atoms with Crippen molar-refractivity contribution in [2.75, 3.05) is 0 Å². The normalized spacial score (nSPS) is 8.82. The summed E-state index contributed by atoms with van der Waals surface area (Å²) >= 11 is 0. The summed E-state index contributed by atoms with van der Waals surface area (Å²) in [6, 6.07) is 0. The van der Waals surface area contributed by atoms with Crippen LogP contribution in [0.25, 0.3) is 0 Å². The number of unbranched alkanes of at least 4 members (excludes halogenated alkanes) is 1. The number of aldehydes is 1. The van der Waals surface area contributed by atoms with Gasteiger partial charge in [-0.3, -0.25) is 15.0 Å². The number of nitrogens with two attached hydrogens (primary N) is 1. The lowest BCUT2D eigenvalue weighted by Crippen LogP contribution is -2.36. The van der Waals surface area contributed by atoms with Gasteiger partial charge in [0.05, 0.1) is 0 Å². The number of ketones is 1. The summed E-state index contributed by atoms with van der Waals surface area (Å²) in [6.45, 7) is 0. The van der Waals surface area contributed by atoms with Crippen molar-refractivity contribution < 1.29 is 14.4 Å². The molecular formula is C6H10N2O3. The third-order valence-electron chi connectivity index (χ3n) is 1.11. The number of carbonyl (C=O) groups is 3. The summed E-state index contributed by atoms with van der Waals surface area (Å²) in [7, 11) is 0. The van der Waals surface area contributed by atoms with E-state index in [0.29, 0.717) is 19.1 Å². The second-order valence-corrected chi connectivity index (χ2v) is 1.96. The molecule has 0 aromatic rings. The van der Waals surface area contributed by atoms with E-state index in [9.17, 15) is 14.4 Å². The first-order chi connectivity index (χ1) is 5.22. The van der Waals surface area contributed by atoms with Crippen molar-refractivity contribution in [3.63, 3.8) is 0 Å². The first kappa shape index (κ1) is 9.77. The number of hydrogen-bond donors (Lipinski definition) is 2. The predicted molar refractivity (Wildman–Crippen MR) is 37.3 cm³/mol. The number of Topliss-reactive ketones (excluding diaryl/α,β-unsaturated/α-hetero) is 1. The summed E-state index contributed by atoms with van der Waals surface area (Å²) in [5, 5.41) is 0. The molecule has 0 atom stereocenters. The van der Waals surface area contributed by atoms with Crippen LogP contribution in [0.4, 0.5) is 0 Å². The molecule has 5 heteroatoms. The molecule has 0 fully saturated rings. The monoisotopic (exact) mass is 158 g/mol. The van der Waals surface area contributed by atoms with E-state index in [1.54, 1.807) is 5.43 Å². The van der Waals surface area contributed by atoms with E-state index in [2.05, 4.69) is 5.84 Å². The maximum atomic E-state index is 10.6. The molecule has 3 N–H and O–H groups in total. The van der Waals surface area contributed by atoms with Crippen molar-refractivity contribution in [3.05, 3.63) is 0 Å². The Morgan fingerprint density at radius 3 is 2.55 bits per heavy atom. The summed E-state index contributed by atoms with van der Waals surface area (Å²) in [5.41, 5.74) is 1.71. The van der Waals surface area contributed by atoms with Gasteiger partial charge in [-0.25, -0.2) is 5.84 Å². The Hall–Kier alpha value is -1.23. The molecule has 1 amide bonds. The van der Waals surface area contributed by atoms with E-state index in [-0.39, 0.29) is 6.42 Å². The number of rotatable bonds is 5. The molecule has 0 radical (unpaired) electrons. The molecule has 0 unspecified atom stereocenters. The Labute approximate surface area is 63.9 Å². The minimum Gasteiger partial charge on any atom is -0.303 e. The lowest BCUT2D eigenvalue weighted by Gasteiger charge is -1.95. The van der Waals surface area contributed by atoms with Crippen molar-refractivity contribution in [2.24, 2.45) is 5.84 Å². The molecule has 0 saturated carbocycles. The van der Waals surface area contributed by atoms with Gasteiger partial charge < -0.3 is 4.79 Å². The molecule has 62 valence electrons. The van der Waals surface area contributed by atoms with Crippen molar-refractivity contribution in [3.8, 4) is 0 Å². The summed E-state index contributed by atoms with van der Waals surface area (Å²) in [4.78, 5) is 30.9. The van der Waals surface area contributed by atoms with Crippen LogP contribution < -0.4 is 11.3 Å². The van der Waals surface area contributed by atoms with Crippen LogP contribution in [-0.4, -0.2) is 18.0 Å². The SMILES string of the molecule is NNC(=O)C(=O)CCCC=O. The Balaban J connectivity index is 3.52. The molecule has 0 heterocycles. The molecule has 0 aliphatic carbocycles. The van der Waals surface area contributed by atoms with Gasteiger partial charge in [0.2, 0.25) is 5.78 Å². The summed E-state index contributed by atoms with van der Waals surface area (Å²) in [6.07, 6.45) is 1.47. The smallest absolute Gasteiger partial charge is 0.301 e. The Bertz CT molecular complexity index is 167. The third kappa shape index (κ3) is 4.21. The van der Waals surface area contributed by atoms with E-state index in [1.807, 2.05) is 0 Å². The highest BCUT2D eigenvalue weighted by Crippen LogP contribution is 1.93. The van der Waals surface area contributed by atoms with Crippen LogP contribution in [0.15, 0.2) is 0 Å². The van der Waals surface area contributed by atoms with Gasteiger partial charge in [0.25, 0.3) is 0 Å². The van der Waals surface area contributed by atoms with Gasteiger partial charge in [0, 0.05) is 12.8 Å². The molecule has 0 rings (SSSR count). The maximum absolute atomic E-state index is 10.6. The number of amides is 1. The quantitative estimate of drug-likeness (QED) is 0.133. The van der Waals surface area contributed by atoms with Gasteiger partial charge >= 0.3 is 5.91 Å². The van der Waals surface area contributed by atoms with Crippen molar-refractivity contribution in [1.82, 2.24) is 5.43 Å². The molecule has 5 nitrogen and oxygen atoms in total. The van der Waals surface area contributed by atoms with Gasteiger partial charge in [-0.05, 0) is 6.42 Å². The number of hydrogen-bond acceptors (Lipinski definition) is 4. The fraction of sp³-hybridized carbons (Fsp3) is 0.500. The van der Waals surface area contributed by atoms with Crippen LogP contribution in [0, 0.1) is 0 Å². The Morgan fingerprint density at radius 2 is 2.09 bits per heavy atom. The number of nitrogens with one attached hydrogen (secondary N) is 1. The zero-order valence-electron chi connectivity index (χ0n) is 6.00. The van der Waals surface area contributed by atoms with Crippen molar-refractivity contribution in [2.45, 2.75) is 19.3 Å². The fourth-order valence-corrected chi connectivity index (χ4v) is 0.540. The largest absolute Gasteiger partial charge is 0.303 e. The molecule has 0 saturated heterocycles. The average molecular weight is 158 g/mol. The highest BCUT2D eigenvalue weighted by Gasteiger charge is 2.09. The topological polar surface area (TPSA) is 89.3 Å². The minimum atomic E-state index is -0.809. The van der Waals surface area contributed by atoms with Gasteiger partial charge in [0.1, 0.15) is 6.29 Å². The van der Waals surface area contributed by atoms with Crippen LogP contribution in [0.5, 0.6) is 0 Å². The zero-order chi connectivity index (χ0) is 8.69. The third-order valence-corrected chi connectivity index (χ3v) is 1.11. The fourth-order valence-electron chi connectivity index (χ4n) is 0.540. The number of hydrazine groups is 1. The highest BCUT2D eigenvalue weighted by molar-refractivity contribution is 6.35. The maximum Gasteiger partial charge on any atom is 0.301 e. The number of carbonyl (C=O) groups excluding carboxylic acids is 3. The molecule has 0 aliphatic heterocycles. The van der Waals surface area contributed by atoms with E-state index in [0.717, 1.165) is 0 Å². The lowest BCUT2D eigenvalue weighted by molar-refractivity contribution is -0.138. The van der Waals surface area contributed by atoms with Gasteiger partial charge in [-0.2, -0.15) is 0 Å². The van der Waals surface area contributed by atoms with Crippen LogP contribution >= 0.6 is 0 Å². The predicted octanol–water partition coefficient (Wildman–Crippen LogP) is -1.09. The van der Waals surface area contributed by atoms with Gasteiger partial charge in [0.15, 0.2) is 0 Å². The van der Waals surface area contributed by atoms with E-state index < -0.39 is 11.7 Å². The minimum absolute atomic E-state index is 0.0712. The zero-order valence-corrected chi connectivity index (χ0v) is 6.00. The standard InChI is InChI=1S/C6H10N2O3/c7-8-6(11)5(10)3-1-2-4-9/h4H,1-3,7H2,(H,8,11). The molecular weight excluding hydrogens is 148 g/mol. The van der Waals surface area contributed by atoms with Crippen LogP contribution in [0.3, 0.4) is 0 Å². The van der Waals surface area contributed by atoms with E-state index in [4.69, 9.17) is 0 Å². The van der Waals surface area contributed by atoms with Crippen LogP contribution in [0.2, 0.25) is 0 Å². The second-order valence-electron chi connectivity index (χ2n) is 1.96. The van der Waals surface area contributed by atoms with E-state index in [1.165, 1.54) is 0 Å². The van der Waals surface area contributed by atoms with Crippen molar-refractivity contribution >= 4 is 18.0 Å². The highest BCUT2D eigenvalue weighted by atomic mass is 16.2. The van der Waals surface area contributed by atoms with Crippen LogP contribution in [-0.2, 0) is 14.4 Å². The Morgan fingerprint density at radius 1 is 1.45 bits per heavy atom. The molecule has 0 aromatic carbocycles. The van der Waals surface area contributed by atoms with Crippen LogP contribution in [0.1, 0.15) is 19.3 Å². The summed E-state index contributed by atoms with van der Waals surface area (Å²) in [5.74, 6) is 3.29. The Kier molecular flexibility index (Phi) is 4.93. The van der Waals surface area contributed by atoms with Crippen molar-refractivity contribution in [1.29, 1.82) is 0 Å². The molecule has 0 spiro atoms. The van der Waals surface area contributed by atoms with Gasteiger partial charge in [-0.15, -0.1) is 0 Å². The first-order valence-corrected chi connectivity index (χ1v) is 3.19. The molecule has 0 aliphatic rings. The van der Waals surface area contributed by atoms with Gasteiger partial charge in [-0.1, -0.05) is 0 Å².